The summed E-state index contributed by atoms with van der Waals surface area (Å²) >= 11 is 0. The molecule has 0 spiro atoms. The maximum atomic E-state index is 14.1. The summed E-state index contributed by atoms with van der Waals surface area (Å²) in [6.45, 7) is 3.33. The Labute approximate surface area is 319 Å². The number of piperidine rings is 1. The van der Waals surface area contributed by atoms with E-state index in [4.69, 9.17) is 4.84 Å². The van der Waals surface area contributed by atoms with Crippen molar-refractivity contribution in [3.05, 3.63) is 137 Å². The van der Waals surface area contributed by atoms with Crippen LogP contribution in [0.15, 0.2) is 119 Å². The Kier molecular flexibility index (Phi) is 11.0. The summed E-state index contributed by atoms with van der Waals surface area (Å²) in [4.78, 5) is 48.6. The first-order valence-corrected chi connectivity index (χ1v) is 19.8. The number of likely N-dealkylation sites (tertiary alicyclic amines) is 1. The highest BCUT2D eigenvalue weighted by Crippen LogP contribution is 2.38. The van der Waals surface area contributed by atoms with Crippen LogP contribution in [0.2, 0.25) is 0 Å². The number of nitrogens with zero attached hydrogens (tertiary/aromatic N) is 3. The van der Waals surface area contributed by atoms with Gasteiger partial charge in [-0.2, -0.15) is 0 Å². The monoisotopic (exact) mass is 762 g/mol. The molecule has 0 aliphatic carbocycles. The van der Waals surface area contributed by atoms with Crippen molar-refractivity contribution < 1.29 is 37.9 Å². The quantitative estimate of drug-likeness (QED) is 0.146. The number of hydrogen-bond acceptors (Lipinski definition) is 9. The number of rotatable bonds is 12. The zero-order valence-corrected chi connectivity index (χ0v) is 31.0. The minimum absolute atomic E-state index is 0.0182. The predicted molar refractivity (Wildman–Crippen MR) is 205 cm³/mol. The molecule has 13 heteroatoms. The van der Waals surface area contributed by atoms with Crippen LogP contribution in [0.5, 0.6) is 11.8 Å². The highest BCUT2D eigenvalue weighted by molar-refractivity contribution is 7.91. The van der Waals surface area contributed by atoms with Gasteiger partial charge in [-0.1, -0.05) is 66.7 Å². The standard InChI is InChI=1S/C42H42N4O8S/c47-38-17-18-39(48)46(38)54-40(49)26-30-11-13-32(14-12-30)28-45-35-27-33(15-16-37(35)55(52,53)36-10-5-4-9-34(36)42(45)51)41(50)43-21-6-22-44-23-19-31(20-24-44)25-29-7-2-1-3-8-29/h1-5,7-18,27,31,47-48H,6,19-26,28H2,(H,43,50). The molecule has 2 aliphatic rings. The lowest BCUT2D eigenvalue weighted by Crippen LogP contribution is -2.36. The molecule has 2 amide bonds. The second-order valence-corrected chi connectivity index (χ2v) is 15.8. The van der Waals surface area contributed by atoms with Gasteiger partial charge in [0, 0.05) is 24.2 Å². The Morgan fingerprint density at radius 1 is 0.782 bits per heavy atom. The Bertz CT molecular complexity index is 2280. The number of anilines is 1. The van der Waals surface area contributed by atoms with Gasteiger partial charge in [0.2, 0.25) is 21.6 Å². The molecular formula is C42H42N4O8S. The van der Waals surface area contributed by atoms with Gasteiger partial charge in [-0.25, -0.2) is 13.2 Å². The minimum atomic E-state index is -4.13. The molecule has 5 aromatic rings. The van der Waals surface area contributed by atoms with E-state index in [9.17, 15) is 33.0 Å². The van der Waals surface area contributed by atoms with Crippen molar-refractivity contribution >= 4 is 33.3 Å². The Morgan fingerprint density at radius 2 is 1.45 bits per heavy atom. The number of sulfone groups is 1. The van der Waals surface area contributed by atoms with Crippen LogP contribution in [0.3, 0.4) is 0 Å². The smallest absolute Gasteiger partial charge is 0.337 e. The summed E-state index contributed by atoms with van der Waals surface area (Å²) in [7, 11) is -4.13. The van der Waals surface area contributed by atoms with E-state index >= 15 is 0 Å². The van der Waals surface area contributed by atoms with Crippen molar-refractivity contribution in [2.45, 2.75) is 48.4 Å². The predicted octanol–water partition coefficient (Wildman–Crippen LogP) is 5.17. The molecule has 4 aromatic carbocycles. The van der Waals surface area contributed by atoms with Gasteiger partial charge in [0.1, 0.15) is 0 Å². The van der Waals surface area contributed by atoms with Crippen LogP contribution in [0.25, 0.3) is 0 Å². The van der Waals surface area contributed by atoms with Crippen LogP contribution in [-0.2, 0) is 34.0 Å². The van der Waals surface area contributed by atoms with Crippen LogP contribution in [0, 0.1) is 5.92 Å². The van der Waals surface area contributed by atoms with Crippen molar-refractivity contribution in [1.29, 1.82) is 0 Å². The van der Waals surface area contributed by atoms with Crippen LogP contribution >= 0.6 is 0 Å². The summed E-state index contributed by atoms with van der Waals surface area (Å²) in [5.74, 6) is -1.84. The Balaban J connectivity index is 1.02. The molecule has 55 heavy (non-hydrogen) atoms. The number of carbonyl (C=O) groups is 3. The first kappa shape index (κ1) is 37.4. The normalized spacial score (nSPS) is 15.5. The van der Waals surface area contributed by atoms with Gasteiger partial charge in [0.15, 0.2) is 0 Å². The van der Waals surface area contributed by atoms with Gasteiger partial charge < -0.3 is 30.2 Å². The number of nitrogens with one attached hydrogen (secondary N) is 1. The molecule has 1 fully saturated rings. The number of benzene rings is 4. The zero-order valence-electron chi connectivity index (χ0n) is 30.1. The van der Waals surface area contributed by atoms with Gasteiger partial charge in [-0.3, -0.25) is 9.59 Å². The van der Waals surface area contributed by atoms with E-state index in [1.165, 1.54) is 52.9 Å². The lowest BCUT2D eigenvalue weighted by atomic mass is 9.90. The average molecular weight is 763 g/mol. The Morgan fingerprint density at radius 3 is 2.18 bits per heavy atom. The fourth-order valence-corrected chi connectivity index (χ4v) is 8.85. The topological polar surface area (TPSA) is 158 Å². The maximum absolute atomic E-state index is 14.1. The van der Waals surface area contributed by atoms with Crippen molar-refractivity contribution in [2.24, 2.45) is 5.92 Å². The molecule has 3 N–H and O–H groups in total. The third-order valence-electron chi connectivity index (χ3n) is 10.2. The fraction of sp³-hybridized carbons (Fsp3) is 0.262. The number of amides is 2. The summed E-state index contributed by atoms with van der Waals surface area (Å²) in [5.41, 5.74) is 2.90. The lowest BCUT2D eigenvalue weighted by molar-refractivity contribution is -0.144. The van der Waals surface area contributed by atoms with E-state index in [0.29, 0.717) is 28.3 Å². The molecule has 3 heterocycles. The van der Waals surface area contributed by atoms with Gasteiger partial charge in [0.05, 0.1) is 34.0 Å². The van der Waals surface area contributed by atoms with Gasteiger partial charge in [0.25, 0.3) is 11.8 Å². The average Bonchev–Trinajstić information content (AvgIpc) is 3.48. The summed E-state index contributed by atoms with van der Waals surface area (Å²) in [6.07, 6.45) is 3.97. The van der Waals surface area contributed by atoms with E-state index in [-0.39, 0.29) is 45.5 Å². The van der Waals surface area contributed by atoms with Gasteiger partial charge >= 0.3 is 5.97 Å². The van der Waals surface area contributed by atoms with Crippen LogP contribution in [0.1, 0.15) is 56.7 Å². The van der Waals surface area contributed by atoms with Gasteiger partial charge in [-0.05, 0) is 98.3 Å². The van der Waals surface area contributed by atoms with Crippen LogP contribution in [0.4, 0.5) is 5.69 Å². The fourth-order valence-electron chi connectivity index (χ4n) is 7.21. The molecule has 7 rings (SSSR count). The van der Waals surface area contributed by atoms with E-state index < -0.39 is 33.5 Å². The molecule has 284 valence electrons. The number of carbonyl (C=O) groups excluding carboxylic acids is 3. The van der Waals surface area contributed by atoms with Crippen LogP contribution < -0.4 is 15.1 Å². The zero-order chi connectivity index (χ0) is 38.5. The molecule has 0 radical (unpaired) electrons. The van der Waals surface area contributed by atoms with Crippen molar-refractivity contribution in [3.8, 4) is 11.8 Å². The van der Waals surface area contributed by atoms with E-state index in [0.717, 1.165) is 45.3 Å². The molecule has 12 nitrogen and oxygen atoms in total. The maximum Gasteiger partial charge on any atom is 0.337 e. The van der Waals surface area contributed by atoms with Gasteiger partial charge in [-0.15, -0.1) is 4.73 Å². The lowest BCUT2D eigenvalue weighted by Gasteiger charge is -2.32. The highest BCUT2D eigenvalue weighted by atomic mass is 32.2. The Hall–Kier alpha value is -5.92. The molecule has 1 saturated heterocycles. The molecular weight excluding hydrogens is 721 g/mol. The third kappa shape index (κ3) is 8.43. The summed E-state index contributed by atoms with van der Waals surface area (Å²) in [6, 6.07) is 30.0. The SMILES string of the molecule is O=C(Cc1ccc(CN2C(=O)c3ccccc3S(=O)(=O)c3ccc(C(=O)NCCCN4CCC(Cc5ccccc5)CC4)cc32)cc1)On1c(O)ccc1O. The second kappa shape index (κ2) is 16.2. The van der Waals surface area contributed by atoms with Crippen molar-refractivity contribution in [1.82, 2.24) is 14.9 Å². The third-order valence-corrected chi connectivity index (χ3v) is 12.0. The van der Waals surface area contributed by atoms with E-state index in [2.05, 4.69) is 34.5 Å². The number of aromatic nitrogens is 1. The molecule has 0 atom stereocenters. The summed E-state index contributed by atoms with van der Waals surface area (Å²) < 4.78 is 28.5. The molecule has 0 unspecified atom stereocenters. The first-order valence-electron chi connectivity index (χ1n) is 18.3. The van der Waals surface area contributed by atoms with Crippen molar-refractivity contribution in [3.63, 3.8) is 0 Å². The minimum Gasteiger partial charge on any atom is -0.492 e. The molecule has 1 aromatic heterocycles. The number of aromatic hydroxyl groups is 2. The summed E-state index contributed by atoms with van der Waals surface area (Å²) in [5, 5.41) is 22.5. The highest BCUT2D eigenvalue weighted by Gasteiger charge is 2.36. The molecule has 2 aliphatic heterocycles. The van der Waals surface area contributed by atoms with Crippen molar-refractivity contribution in [2.75, 3.05) is 31.1 Å². The first-order chi connectivity index (χ1) is 26.6. The van der Waals surface area contributed by atoms with E-state index in [1.54, 1.807) is 36.4 Å². The van der Waals surface area contributed by atoms with Crippen LogP contribution in [-0.4, -0.2) is 72.2 Å². The largest absolute Gasteiger partial charge is 0.492 e. The molecule has 0 bridgehead atoms. The second-order valence-electron chi connectivity index (χ2n) is 14.0. The molecule has 0 saturated carbocycles. The van der Waals surface area contributed by atoms with E-state index in [1.807, 2.05) is 6.07 Å². The number of fused-ring (bicyclic) bond motifs is 2. The number of hydrogen-bond donors (Lipinski definition) is 3.